The minimum absolute atomic E-state index is 0.0276. The summed E-state index contributed by atoms with van der Waals surface area (Å²) in [4.78, 5) is 14.3. The Labute approximate surface area is 200 Å². The highest BCUT2D eigenvalue weighted by molar-refractivity contribution is 5.69. The second kappa shape index (κ2) is 26.6. The molecule has 0 aliphatic heterocycles. The van der Waals surface area contributed by atoms with E-state index in [1.165, 1.54) is 96.3 Å². The summed E-state index contributed by atoms with van der Waals surface area (Å²) < 4.78 is 5.39. The molecule has 0 unspecified atom stereocenters. The molecule has 0 aliphatic rings. The Morgan fingerprint density at radius 3 is 1.53 bits per heavy atom. The largest absolute Gasteiger partial charge is 0.466 e. The third-order valence-corrected chi connectivity index (χ3v) is 6.36. The van der Waals surface area contributed by atoms with Crippen LogP contribution in [0.1, 0.15) is 142 Å². The molecule has 4 heteroatoms. The van der Waals surface area contributed by atoms with Gasteiger partial charge in [-0.1, -0.05) is 110 Å². The van der Waals surface area contributed by atoms with E-state index in [0.717, 1.165) is 45.3 Å². The van der Waals surface area contributed by atoms with Gasteiger partial charge in [0.2, 0.25) is 0 Å². The van der Waals surface area contributed by atoms with Crippen molar-refractivity contribution in [3.05, 3.63) is 0 Å². The summed E-state index contributed by atoms with van der Waals surface area (Å²) in [7, 11) is 0. The molecule has 0 saturated carbocycles. The molecule has 0 aliphatic carbocycles. The van der Waals surface area contributed by atoms with Crippen molar-refractivity contribution in [2.75, 3.05) is 32.8 Å². The molecule has 0 aromatic rings. The van der Waals surface area contributed by atoms with Crippen molar-refractivity contribution in [3.63, 3.8) is 0 Å². The van der Waals surface area contributed by atoms with Crippen LogP contribution in [0.5, 0.6) is 0 Å². The zero-order valence-corrected chi connectivity index (χ0v) is 21.9. The lowest BCUT2D eigenvalue weighted by molar-refractivity contribution is -0.143. The van der Waals surface area contributed by atoms with Crippen LogP contribution in [0, 0.1) is 0 Å². The lowest BCUT2D eigenvalue weighted by atomic mass is 10.1. The molecule has 0 aromatic heterocycles. The Balaban J connectivity index is 3.43. The van der Waals surface area contributed by atoms with Crippen LogP contribution in [-0.4, -0.2) is 48.8 Å². The van der Waals surface area contributed by atoms with Gasteiger partial charge in [-0.3, -0.25) is 4.79 Å². The zero-order chi connectivity index (χ0) is 23.5. The number of esters is 1. The maximum Gasteiger partial charge on any atom is 0.305 e. The van der Waals surface area contributed by atoms with E-state index in [2.05, 4.69) is 18.7 Å². The highest BCUT2D eigenvalue weighted by atomic mass is 16.5. The monoisotopic (exact) mass is 455 g/mol. The van der Waals surface area contributed by atoms with E-state index < -0.39 is 0 Å². The van der Waals surface area contributed by atoms with Crippen LogP contribution in [0.25, 0.3) is 0 Å². The minimum atomic E-state index is -0.0276. The van der Waals surface area contributed by atoms with Crippen LogP contribution >= 0.6 is 0 Å². The number of ether oxygens (including phenoxy) is 1. The van der Waals surface area contributed by atoms with Gasteiger partial charge in [-0.2, -0.15) is 0 Å². The predicted octanol–water partition coefficient (Wildman–Crippen LogP) is 7.67. The van der Waals surface area contributed by atoms with E-state index in [9.17, 15) is 9.90 Å². The number of rotatable bonds is 26. The predicted molar refractivity (Wildman–Crippen MR) is 138 cm³/mol. The highest BCUT2D eigenvalue weighted by Crippen LogP contribution is 2.12. The van der Waals surface area contributed by atoms with Gasteiger partial charge in [0.1, 0.15) is 0 Å². The van der Waals surface area contributed by atoms with Gasteiger partial charge in [-0.15, -0.1) is 0 Å². The number of carbonyl (C=O) groups excluding carboxylic acids is 1. The summed E-state index contributed by atoms with van der Waals surface area (Å²) in [5, 5.41) is 9.26. The Bertz CT molecular complexity index is 376. The summed E-state index contributed by atoms with van der Waals surface area (Å²) >= 11 is 0. The summed E-state index contributed by atoms with van der Waals surface area (Å²) in [6, 6.07) is 0. The molecule has 0 fully saturated rings. The van der Waals surface area contributed by atoms with E-state index in [1.54, 1.807) is 0 Å². The highest BCUT2D eigenvalue weighted by Gasteiger charge is 2.06. The number of hydrogen-bond acceptors (Lipinski definition) is 4. The van der Waals surface area contributed by atoms with Crippen LogP contribution in [0.15, 0.2) is 0 Å². The van der Waals surface area contributed by atoms with E-state index >= 15 is 0 Å². The molecule has 0 saturated heterocycles. The molecule has 0 bridgehead atoms. The molecule has 0 rings (SSSR count). The topological polar surface area (TPSA) is 49.8 Å². The molecule has 32 heavy (non-hydrogen) atoms. The first-order valence-electron chi connectivity index (χ1n) is 14.2. The SMILES string of the molecule is CCCCCCCCCCCCCOC(=O)CCCCCN(CCO)CCCCCCC. The number of aliphatic hydroxyl groups excluding tert-OH is 1. The molecule has 0 atom stereocenters. The molecule has 1 N–H and O–H groups in total. The number of aliphatic hydroxyl groups is 1. The van der Waals surface area contributed by atoms with Gasteiger partial charge in [-0.05, 0) is 38.8 Å². The lowest BCUT2D eigenvalue weighted by Gasteiger charge is -2.21. The summed E-state index contributed by atoms with van der Waals surface area (Å²) in [6.07, 6.45) is 24.5. The molecule has 0 radical (unpaired) electrons. The molecular weight excluding hydrogens is 398 g/mol. The fraction of sp³-hybridized carbons (Fsp3) is 0.964. The molecule has 192 valence electrons. The summed E-state index contributed by atoms with van der Waals surface area (Å²) in [5.74, 6) is -0.0276. The molecule has 0 aromatic carbocycles. The van der Waals surface area contributed by atoms with Crippen LogP contribution in [0.3, 0.4) is 0 Å². The van der Waals surface area contributed by atoms with Crippen molar-refractivity contribution in [3.8, 4) is 0 Å². The average Bonchev–Trinajstić information content (AvgIpc) is 2.79. The third-order valence-electron chi connectivity index (χ3n) is 6.36. The van der Waals surface area contributed by atoms with Crippen molar-refractivity contribution in [1.29, 1.82) is 0 Å². The molecule has 0 amide bonds. The quantitative estimate of drug-likeness (QED) is 0.107. The zero-order valence-electron chi connectivity index (χ0n) is 21.9. The van der Waals surface area contributed by atoms with E-state index in [0.29, 0.717) is 13.0 Å². The smallest absolute Gasteiger partial charge is 0.305 e. The van der Waals surface area contributed by atoms with Crippen LogP contribution in [-0.2, 0) is 9.53 Å². The fourth-order valence-corrected chi connectivity index (χ4v) is 4.22. The van der Waals surface area contributed by atoms with Gasteiger partial charge in [0, 0.05) is 13.0 Å². The van der Waals surface area contributed by atoms with E-state index in [1.807, 2.05) is 0 Å². The first-order chi connectivity index (χ1) is 15.7. The summed E-state index contributed by atoms with van der Waals surface area (Å²) in [6.45, 7) is 8.23. The summed E-state index contributed by atoms with van der Waals surface area (Å²) in [5.41, 5.74) is 0. The van der Waals surface area contributed by atoms with Crippen LogP contribution < -0.4 is 0 Å². The second-order valence-corrected chi connectivity index (χ2v) is 9.55. The molecule has 0 spiro atoms. The van der Waals surface area contributed by atoms with Gasteiger partial charge in [0.25, 0.3) is 0 Å². The Hall–Kier alpha value is -0.610. The Kier molecular flexibility index (Phi) is 26.1. The maximum absolute atomic E-state index is 11.9. The number of carbonyl (C=O) groups is 1. The van der Waals surface area contributed by atoms with E-state index in [4.69, 9.17) is 4.74 Å². The van der Waals surface area contributed by atoms with Gasteiger partial charge < -0.3 is 14.7 Å². The molecule has 0 heterocycles. The van der Waals surface area contributed by atoms with E-state index in [-0.39, 0.29) is 12.6 Å². The van der Waals surface area contributed by atoms with Crippen molar-refractivity contribution >= 4 is 5.97 Å². The Morgan fingerprint density at radius 1 is 0.594 bits per heavy atom. The first kappa shape index (κ1) is 31.4. The normalized spacial score (nSPS) is 11.4. The lowest BCUT2D eigenvalue weighted by Crippen LogP contribution is -2.29. The standard InChI is InChI=1S/C28H57NO3/c1-3-5-7-9-10-11-12-13-14-16-21-27-32-28(31)22-18-17-20-24-29(25-26-30)23-19-15-8-6-4-2/h30H,3-27H2,1-2H3. The van der Waals surface area contributed by atoms with Gasteiger partial charge in [-0.25, -0.2) is 0 Å². The number of nitrogens with zero attached hydrogens (tertiary/aromatic N) is 1. The van der Waals surface area contributed by atoms with Crippen LogP contribution in [0.2, 0.25) is 0 Å². The van der Waals surface area contributed by atoms with Crippen LogP contribution in [0.4, 0.5) is 0 Å². The minimum Gasteiger partial charge on any atom is -0.466 e. The van der Waals surface area contributed by atoms with Gasteiger partial charge >= 0.3 is 5.97 Å². The van der Waals surface area contributed by atoms with Crippen molar-refractivity contribution in [1.82, 2.24) is 4.90 Å². The number of hydrogen-bond donors (Lipinski definition) is 1. The third kappa shape index (κ3) is 24.0. The van der Waals surface area contributed by atoms with Gasteiger partial charge in [0.05, 0.1) is 13.2 Å². The first-order valence-corrected chi connectivity index (χ1v) is 14.2. The molecular formula is C28H57NO3. The fourth-order valence-electron chi connectivity index (χ4n) is 4.22. The maximum atomic E-state index is 11.9. The second-order valence-electron chi connectivity index (χ2n) is 9.55. The molecule has 4 nitrogen and oxygen atoms in total. The van der Waals surface area contributed by atoms with Crippen molar-refractivity contribution in [2.24, 2.45) is 0 Å². The van der Waals surface area contributed by atoms with Crippen molar-refractivity contribution < 1.29 is 14.6 Å². The average molecular weight is 456 g/mol. The Morgan fingerprint density at radius 2 is 1.03 bits per heavy atom. The van der Waals surface area contributed by atoms with Gasteiger partial charge in [0.15, 0.2) is 0 Å². The number of unbranched alkanes of at least 4 members (excludes halogenated alkanes) is 16. The van der Waals surface area contributed by atoms with Crippen molar-refractivity contribution in [2.45, 2.75) is 142 Å².